The highest BCUT2D eigenvalue weighted by Crippen LogP contribution is 2.40. The first-order chi connectivity index (χ1) is 18.0. The van der Waals surface area contributed by atoms with E-state index in [2.05, 4.69) is 86.4 Å². The highest BCUT2D eigenvalue weighted by molar-refractivity contribution is 6.99. The Morgan fingerprint density at radius 2 is 1.32 bits per heavy atom. The molecule has 2 aromatic carbocycles. The van der Waals surface area contributed by atoms with Crippen LogP contribution in [0.4, 0.5) is 10.6 Å². The van der Waals surface area contributed by atoms with Gasteiger partial charge in [-0.25, -0.2) is 9.78 Å². The van der Waals surface area contributed by atoms with E-state index in [-0.39, 0.29) is 23.3 Å². The molecule has 1 aliphatic rings. The van der Waals surface area contributed by atoms with Crippen LogP contribution in [-0.4, -0.2) is 37.1 Å². The molecule has 0 radical (unpaired) electrons. The summed E-state index contributed by atoms with van der Waals surface area (Å²) in [5, 5.41) is 2.53. The van der Waals surface area contributed by atoms with Gasteiger partial charge in [-0.1, -0.05) is 87.5 Å². The standard InChI is InChI=1S/C32H42N2O3Si/c1-31(2,3)36-30(35)34(29-19-13-14-24-33-29)25-20-22-26(23-21-25)37-38(32(4,5)6,27-15-9-7-10-16-27)28-17-11-8-12-18-28/h7-19,24-26H,20-23H2,1-6H3. The molecule has 0 aliphatic heterocycles. The molecule has 1 heterocycles. The average molecular weight is 531 g/mol. The van der Waals surface area contributed by atoms with E-state index < -0.39 is 13.9 Å². The number of carbonyl (C=O) groups is 1. The largest absolute Gasteiger partial charge is 0.443 e. The van der Waals surface area contributed by atoms with Crippen molar-refractivity contribution in [1.29, 1.82) is 0 Å². The predicted molar refractivity (Wildman–Crippen MR) is 158 cm³/mol. The number of rotatable bonds is 6. The van der Waals surface area contributed by atoms with Crippen LogP contribution < -0.4 is 15.3 Å². The lowest BCUT2D eigenvalue weighted by molar-refractivity contribution is 0.0538. The maximum Gasteiger partial charge on any atom is 0.416 e. The fraction of sp³-hybridized carbons (Fsp3) is 0.438. The van der Waals surface area contributed by atoms with Gasteiger partial charge in [0, 0.05) is 18.3 Å². The third-order valence-corrected chi connectivity index (χ3v) is 12.3. The molecular formula is C32H42N2O3Si. The lowest BCUT2D eigenvalue weighted by Crippen LogP contribution is -2.68. The number of benzene rings is 2. The van der Waals surface area contributed by atoms with E-state index in [0.717, 1.165) is 25.7 Å². The van der Waals surface area contributed by atoms with Gasteiger partial charge in [0.2, 0.25) is 0 Å². The van der Waals surface area contributed by atoms with E-state index in [1.807, 2.05) is 39.0 Å². The van der Waals surface area contributed by atoms with Gasteiger partial charge in [0.05, 0.1) is 0 Å². The molecule has 1 saturated carbocycles. The maximum absolute atomic E-state index is 13.3. The zero-order valence-electron chi connectivity index (χ0n) is 23.7. The summed E-state index contributed by atoms with van der Waals surface area (Å²) in [6, 6.07) is 27.3. The van der Waals surface area contributed by atoms with Gasteiger partial charge in [-0.2, -0.15) is 0 Å². The first-order valence-corrected chi connectivity index (χ1v) is 15.6. The summed E-state index contributed by atoms with van der Waals surface area (Å²) in [6.45, 7) is 12.6. The van der Waals surface area contributed by atoms with Gasteiger partial charge in [0.25, 0.3) is 8.32 Å². The van der Waals surface area contributed by atoms with Gasteiger partial charge < -0.3 is 9.16 Å². The van der Waals surface area contributed by atoms with Crippen LogP contribution in [0.2, 0.25) is 5.04 Å². The summed E-state index contributed by atoms with van der Waals surface area (Å²) in [4.78, 5) is 19.6. The van der Waals surface area contributed by atoms with Crippen LogP contribution in [0, 0.1) is 0 Å². The fourth-order valence-electron chi connectivity index (χ4n) is 5.60. The van der Waals surface area contributed by atoms with Crippen LogP contribution >= 0.6 is 0 Å². The maximum atomic E-state index is 13.3. The van der Waals surface area contributed by atoms with Crippen molar-refractivity contribution in [3.05, 3.63) is 85.1 Å². The normalized spacial score (nSPS) is 18.6. The minimum atomic E-state index is -2.62. The molecule has 1 amide bonds. The molecule has 3 aromatic rings. The van der Waals surface area contributed by atoms with Gasteiger partial charge in [-0.05, 0) is 74.0 Å². The Balaban J connectivity index is 1.61. The van der Waals surface area contributed by atoms with E-state index in [1.165, 1.54) is 10.4 Å². The number of pyridine rings is 1. The van der Waals surface area contributed by atoms with Crippen molar-refractivity contribution in [2.24, 2.45) is 0 Å². The molecule has 0 N–H and O–H groups in total. The van der Waals surface area contributed by atoms with E-state index in [9.17, 15) is 4.79 Å². The van der Waals surface area contributed by atoms with E-state index in [1.54, 1.807) is 11.1 Å². The first kappa shape index (κ1) is 28.1. The van der Waals surface area contributed by atoms with Crippen molar-refractivity contribution in [2.75, 3.05) is 4.90 Å². The van der Waals surface area contributed by atoms with Gasteiger partial charge in [-0.15, -0.1) is 0 Å². The Morgan fingerprint density at radius 1 is 0.789 bits per heavy atom. The second-order valence-electron chi connectivity index (χ2n) is 12.2. The Morgan fingerprint density at radius 3 is 1.76 bits per heavy atom. The summed E-state index contributed by atoms with van der Waals surface area (Å²) in [5.41, 5.74) is -0.576. The van der Waals surface area contributed by atoms with Crippen LogP contribution in [-0.2, 0) is 9.16 Å². The molecule has 202 valence electrons. The number of nitrogens with zero attached hydrogens (tertiary/aromatic N) is 2. The van der Waals surface area contributed by atoms with Gasteiger partial charge in [-0.3, -0.25) is 4.90 Å². The van der Waals surface area contributed by atoms with Crippen molar-refractivity contribution in [3.8, 4) is 0 Å². The number of aromatic nitrogens is 1. The molecule has 1 aromatic heterocycles. The number of hydrogen-bond acceptors (Lipinski definition) is 4. The molecule has 0 atom stereocenters. The number of ether oxygens (including phenoxy) is 1. The summed E-state index contributed by atoms with van der Waals surface area (Å²) in [7, 11) is -2.62. The third-order valence-electron chi connectivity index (χ3n) is 7.26. The van der Waals surface area contributed by atoms with Gasteiger partial charge >= 0.3 is 6.09 Å². The average Bonchev–Trinajstić information content (AvgIpc) is 2.88. The molecule has 5 nitrogen and oxygen atoms in total. The fourth-order valence-corrected chi connectivity index (χ4v) is 10.4. The Labute approximate surface area is 229 Å². The van der Waals surface area contributed by atoms with Gasteiger partial charge in [0.1, 0.15) is 11.4 Å². The van der Waals surface area contributed by atoms with Crippen LogP contribution in [0.5, 0.6) is 0 Å². The summed E-state index contributed by atoms with van der Waals surface area (Å²) in [6.07, 6.45) is 4.92. The molecule has 1 fully saturated rings. The second-order valence-corrected chi connectivity index (χ2v) is 16.5. The van der Waals surface area contributed by atoms with Crippen LogP contribution in [0.1, 0.15) is 67.2 Å². The quantitative estimate of drug-likeness (QED) is 0.332. The van der Waals surface area contributed by atoms with Crippen molar-refractivity contribution >= 4 is 30.6 Å². The van der Waals surface area contributed by atoms with Crippen molar-refractivity contribution < 1.29 is 14.0 Å². The SMILES string of the molecule is CC(C)(C)OC(=O)N(c1ccccn1)C1CCC(O[Si](c2ccccc2)(c2ccccc2)C(C)(C)C)CC1. The Bertz CT molecular complexity index is 1130. The lowest BCUT2D eigenvalue weighted by atomic mass is 9.92. The second kappa shape index (κ2) is 11.4. The Hall–Kier alpha value is -2.96. The molecule has 0 saturated heterocycles. The van der Waals surface area contributed by atoms with Crippen LogP contribution in [0.25, 0.3) is 0 Å². The van der Waals surface area contributed by atoms with Gasteiger partial charge in [0.15, 0.2) is 0 Å². The molecule has 4 rings (SSSR count). The van der Waals surface area contributed by atoms with Crippen LogP contribution in [0.15, 0.2) is 85.1 Å². The van der Waals surface area contributed by atoms with Crippen molar-refractivity contribution in [2.45, 2.75) is 90.0 Å². The molecule has 6 heteroatoms. The highest BCUT2D eigenvalue weighted by Gasteiger charge is 2.51. The first-order valence-electron chi connectivity index (χ1n) is 13.7. The number of amides is 1. The highest BCUT2D eigenvalue weighted by atomic mass is 28.4. The zero-order chi connectivity index (χ0) is 27.4. The Kier molecular flexibility index (Phi) is 8.43. The number of carbonyl (C=O) groups excluding carboxylic acids is 1. The molecule has 0 unspecified atom stereocenters. The predicted octanol–water partition coefficient (Wildman–Crippen LogP) is 6.71. The summed E-state index contributed by atoms with van der Waals surface area (Å²) >= 11 is 0. The number of hydrogen-bond donors (Lipinski definition) is 0. The molecule has 0 spiro atoms. The summed E-state index contributed by atoms with van der Waals surface area (Å²) < 4.78 is 13.2. The van der Waals surface area contributed by atoms with Crippen LogP contribution in [0.3, 0.4) is 0 Å². The lowest BCUT2D eigenvalue weighted by Gasteiger charge is -2.46. The minimum Gasteiger partial charge on any atom is -0.443 e. The number of anilines is 1. The molecule has 38 heavy (non-hydrogen) atoms. The minimum absolute atomic E-state index is 0.0127. The van der Waals surface area contributed by atoms with E-state index in [4.69, 9.17) is 9.16 Å². The molecular weight excluding hydrogens is 488 g/mol. The van der Waals surface area contributed by atoms with Crippen molar-refractivity contribution in [1.82, 2.24) is 4.98 Å². The van der Waals surface area contributed by atoms with E-state index in [0.29, 0.717) is 5.82 Å². The zero-order valence-corrected chi connectivity index (χ0v) is 24.7. The van der Waals surface area contributed by atoms with Crippen molar-refractivity contribution in [3.63, 3.8) is 0 Å². The third kappa shape index (κ3) is 6.19. The molecule has 0 bridgehead atoms. The summed E-state index contributed by atoms with van der Waals surface area (Å²) in [5.74, 6) is 0.637. The van der Waals surface area contributed by atoms with E-state index >= 15 is 0 Å². The molecule has 1 aliphatic carbocycles. The topological polar surface area (TPSA) is 51.7 Å². The monoisotopic (exact) mass is 530 g/mol. The smallest absolute Gasteiger partial charge is 0.416 e.